The number of nitrogens with one attached hydrogen (secondary N) is 1. The van der Waals surface area contributed by atoms with Crippen molar-refractivity contribution in [1.29, 1.82) is 0 Å². The second kappa shape index (κ2) is 5.74. The third-order valence-corrected chi connectivity index (χ3v) is 4.24. The molecule has 0 atom stereocenters. The molecule has 1 aliphatic rings. The standard InChI is InChI=1S/C14H25N3O/c1-3-12-5-7-14(18,8-6-12)11-16-13-15-9-10-17(13)4-2/h9-10,12,18H,3-8,11H2,1-2H3,(H,15,16). The van der Waals surface area contributed by atoms with Crippen LogP contribution in [-0.2, 0) is 6.54 Å². The first-order valence-corrected chi connectivity index (χ1v) is 7.14. The lowest BCUT2D eigenvalue weighted by Gasteiger charge is -2.36. The Hall–Kier alpha value is -1.03. The summed E-state index contributed by atoms with van der Waals surface area (Å²) in [4.78, 5) is 4.27. The molecule has 1 saturated carbocycles. The Morgan fingerprint density at radius 3 is 2.78 bits per heavy atom. The predicted octanol–water partition coefficient (Wildman–Crippen LogP) is 2.65. The maximum absolute atomic E-state index is 10.5. The lowest BCUT2D eigenvalue weighted by atomic mass is 9.78. The Morgan fingerprint density at radius 1 is 1.44 bits per heavy atom. The first-order chi connectivity index (χ1) is 8.67. The van der Waals surface area contributed by atoms with Crippen molar-refractivity contribution in [2.75, 3.05) is 11.9 Å². The van der Waals surface area contributed by atoms with Crippen molar-refractivity contribution in [2.45, 2.75) is 58.1 Å². The number of aliphatic hydroxyl groups is 1. The van der Waals surface area contributed by atoms with Gasteiger partial charge in [0.1, 0.15) is 0 Å². The van der Waals surface area contributed by atoms with Gasteiger partial charge in [-0.3, -0.25) is 0 Å². The summed E-state index contributed by atoms with van der Waals surface area (Å²) >= 11 is 0. The fraction of sp³-hybridized carbons (Fsp3) is 0.786. The van der Waals surface area contributed by atoms with E-state index in [4.69, 9.17) is 0 Å². The second-order valence-corrected chi connectivity index (χ2v) is 5.47. The van der Waals surface area contributed by atoms with E-state index in [1.807, 2.05) is 6.20 Å². The Kier molecular flexibility index (Phi) is 4.27. The number of aryl methyl sites for hydroxylation is 1. The van der Waals surface area contributed by atoms with Gasteiger partial charge in [0.25, 0.3) is 0 Å². The largest absolute Gasteiger partial charge is 0.388 e. The van der Waals surface area contributed by atoms with Crippen LogP contribution >= 0.6 is 0 Å². The van der Waals surface area contributed by atoms with Gasteiger partial charge in [0, 0.05) is 25.5 Å². The molecule has 0 saturated heterocycles. The minimum absolute atomic E-state index is 0.545. The van der Waals surface area contributed by atoms with Crippen LogP contribution in [0.4, 0.5) is 5.95 Å². The van der Waals surface area contributed by atoms with E-state index in [1.54, 1.807) is 6.20 Å². The molecule has 1 aliphatic carbocycles. The van der Waals surface area contributed by atoms with Gasteiger partial charge in [0.2, 0.25) is 5.95 Å². The zero-order chi connectivity index (χ0) is 13.0. The number of anilines is 1. The van der Waals surface area contributed by atoms with Gasteiger partial charge in [-0.15, -0.1) is 0 Å². The normalized spacial score (nSPS) is 28.3. The fourth-order valence-corrected chi connectivity index (χ4v) is 2.78. The van der Waals surface area contributed by atoms with Crippen LogP contribution < -0.4 is 5.32 Å². The summed E-state index contributed by atoms with van der Waals surface area (Å²) in [5, 5.41) is 13.8. The zero-order valence-electron chi connectivity index (χ0n) is 11.5. The minimum Gasteiger partial charge on any atom is -0.388 e. The molecule has 1 fully saturated rings. The summed E-state index contributed by atoms with van der Waals surface area (Å²) in [5.41, 5.74) is -0.545. The van der Waals surface area contributed by atoms with Gasteiger partial charge in [-0.2, -0.15) is 0 Å². The molecule has 0 amide bonds. The van der Waals surface area contributed by atoms with Gasteiger partial charge >= 0.3 is 0 Å². The van der Waals surface area contributed by atoms with E-state index in [-0.39, 0.29) is 0 Å². The Bertz CT molecular complexity index is 367. The maximum Gasteiger partial charge on any atom is 0.202 e. The quantitative estimate of drug-likeness (QED) is 0.846. The molecule has 4 nitrogen and oxygen atoms in total. The number of hydrogen-bond donors (Lipinski definition) is 2. The SMILES string of the molecule is CCC1CCC(O)(CNc2nccn2CC)CC1. The molecule has 0 spiro atoms. The molecule has 2 rings (SSSR count). The van der Waals surface area contributed by atoms with Gasteiger partial charge < -0.3 is 15.0 Å². The van der Waals surface area contributed by atoms with Gasteiger partial charge in [0.15, 0.2) is 0 Å². The average Bonchev–Trinajstić information content (AvgIpc) is 2.85. The van der Waals surface area contributed by atoms with Crippen LogP contribution in [0.25, 0.3) is 0 Å². The van der Waals surface area contributed by atoms with Crippen molar-refractivity contribution in [3.63, 3.8) is 0 Å². The lowest BCUT2D eigenvalue weighted by Crippen LogP contribution is -2.41. The highest BCUT2D eigenvalue weighted by molar-refractivity contribution is 5.26. The molecular formula is C14H25N3O. The summed E-state index contributed by atoms with van der Waals surface area (Å²) in [6, 6.07) is 0. The van der Waals surface area contributed by atoms with E-state index in [9.17, 15) is 5.11 Å². The highest BCUT2D eigenvalue weighted by Gasteiger charge is 2.32. The Balaban J connectivity index is 1.86. The predicted molar refractivity (Wildman–Crippen MR) is 73.6 cm³/mol. The van der Waals surface area contributed by atoms with Crippen molar-refractivity contribution in [1.82, 2.24) is 9.55 Å². The molecule has 0 aromatic carbocycles. The summed E-state index contributed by atoms with van der Waals surface area (Å²) in [6.07, 6.45) is 9.11. The van der Waals surface area contributed by atoms with Crippen molar-refractivity contribution in [3.05, 3.63) is 12.4 Å². The lowest BCUT2D eigenvalue weighted by molar-refractivity contribution is 0.00212. The van der Waals surface area contributed by atoms with Crippen LogP contribution in [-0.4, -0.2) is 26.8 Å². The van der Waals surface area contributed by atoms with Gasteiger partial charge in [-0.25, -0.2) is 4.98 Å². The summed E-state index contributed by atoms with van der Waals surface area (Å²) in [6.45, 7) is 5.85. The number of imidazole rings is 1. The third kappa shape index (κ3) is 3.05. The molecule has 102 valence electrons. The van der Waals surface area contributed by atoms with E-state index in [2.05, 4.69) is 28.7 Å². The maximum atomic E-state index is 10.5. The molecule has 4 heteroatoms. The van der Waals surface area contributed by atoms with Crippen LogP contribution in [0, 0.1) is 5.92 Å². The van der Waals surface area contributed by atoms with Crippen LogP contribution in [0.5, 0.6) is 0 Å². The molecule has 18 heavy (non-hydrogen) atoms. The van der Waals surface area contributed by atoms with Crippen molar-refractivity contribution < 1.29 is 5.11 Å². The molecule has 0 unspecified atom stereocenters. The van der Waals surface area contributed by atoms with E-state index in [0.29, 0.717) is 6.54 Å². The van der Waals surface area contributed by atoms with E-state index >= 15 is 0 Å². The van der Waals surface area contributed by atoms with Crippen LogP contribution in [0.2, 0.25) is 0 Å². The van der Waals surface area contributed by atoms with Gasteiger partial charge in [-0.05, 0) is 38.5 Å². The highest BCUT2D eigenvalue weighted by atomic mass is 16.3. The number of nitrogens with zero attached hydrogens (tertiary/aromatic N) is 2. The van der Waals surface area contributed by atoms with Crippen LogP contribution in [0.3, 0.4) is 0 Å². The number of aromatic nitrogens is 2. The zero-order valence-corrected chi connectivity index (χ0v) is 11.5. The molecule has 0 radical (unpaired) electrons. The second-order valence-electron chi connectivity index (χ2n) is 5.47. The fourth-order valence-electron chi connectivity index (χ4n) is 2.78. The molecule has 0 bridgehead atoms. The van der Waals surface area contributed by atoms with Gasteiger partial charge in [0.05, 0.1) is 5.60 Å². The number of rotatable bonds is 5. The van der Waals surface area contributed by atoms with E-state index in [0.717, 1.165) is 44.1 Å². The minimum atomic E-state index is -0.545. The molecule has 1 aromatic rings. The first kappa shape index (κ1) is 13.4. The van der Waals surface area contributed by atoms with Crippen LogP contribution in [0.1, 0.15) is 46.0 Å². The molecule has 1 heterocycles. The highest BCUT2D eigenvalue weighted by Crippen LogP contribution is 2.33. The van der Waals surface area contributed by atoms with E-state index in [1.165, 1.54) is 6.42 Å². The van der Waals surface area contributed by atoms with Gasteiger partial charge in [-0.1, -0.05) is 13.3 Å². The third-order valence-electron chi connectivity index (χ3n) is 4.24. The molecule has 0 aliphatic heterocycles. The Morgan fingerprint density at radius 2 is 2.17 bits per heavy atom. The smallest absolute Gasteiger partial charge is 0.202 e. The monoisotopic (exact) mass is 251 g/mol. The van der Waals surface area contributed by atoms with Crippen molar-refractivity contribution in [2.24, 2.45) is 5.92 Å². The van der Waals surface area contributed by atoms with Crippen molar-refractivity contribution in [3.8, 4) is 0 Å². The van der Waals surface area contributed by atoms with Crippen LogP contribution in [0.15, 0.2) is 12.4 Å². The van der Waals surface area contributed by atoms with E-state index < -0.39 is 5.60 Å². The Labute approximate surface area is 109 Å². The summed E-state index contributed by atoms with van der Waals surface area (Å²) < 4.78 is 2.06. The topological polar surface area (TPSA) is 50.1 Å². The first-order valence-electron chi connectivity index (χ1n) is 7.14. The average molecular weight is 251 g/mol. The molecular weight excluding hydrogens is 226 g/mol. The molecule has 1 aromatic heterocycles. The summed E-state index contributed by atoms with van der Waals surface area (Å²) in [7, 11) is 0. The van der Waals surface area contributed by atoms with Crippen molar-refractivity contribution >= 4 is 5.95 Å². The number of hydrogen-bond acceptors (Lipinski definition) is 3. The summed E-state index contributed by atoms with van der Waals surface area (Å²) in [5.74, 6) is 1.67. The molecule has 2 N–H and O–H groups in total.